The Balaban J connectivity index is 1.56. The molecule has 158 valence electrons. The van der Waals surface area contributed by atoms with E-state index in [0.717, 1.165) is 26.9 Å². The van der Waals surface area contributed by atoms with Gasteiger partial charge in [0.2, 0.25) is 11.8 Å². The third-order valence-corrected chi connectivity index (χ3v) is 5.86. The van der Waals surface area contributed by atoms with E-state index in [0.29, 0.717) is 6.54 Å². The highest BCUT2D eigenvalue weighted by atomic mass is 16.6. The van der Waals surface area contributed by atoms with Gasteiger partial charge in [0.15, 0.2) is 0 Å². The van der Waals surface area contributed by atoms with Crippen molar-refractivity contribution in [2.45, 2.75) is 18.9 Å². The van der Waals surface area contributed by atoms with Crippen molar-refractivity contribution in [1.29, 1.82) is 0 Å². The minimum absolute atomic E-state index is 0.0167. The Bertz CT molecular complexity index is 1360. The molecule has 5 rings (SSSR count). The lowest BCUT2D eigenvalue weighted by Crippen LogP contribution is -2.30. The maximum absolute atomic E-state index is 13.4. The van der Waals surface area contributed by atoms with Gasteiger partial charge in [-0.3, -0.25) is 19.7 Å². The predicted octanol–water partition coefficient (Wildman–Crippen LogP) is 4.64. The normalized spacial score (nSPS) is 16.1. The summed E-state index contributed by atoms with van der Waals surface area (Å²) in [4.78, 5) is 38.1. The van der Waals surface area contributed by atoms with Crippen LogP contribution in [-0.2, 0) is 16.1 Å². The van der Waals surface area contributed by atoms with Gasteiger partial charge in [-0.15, -0.1) is 0 Å². The zero-order valence-corrected chi connectivity index (χ0v) is 17.0. The Morgan fingerprint density at radius 2 is 1.59 bits per heavy atom. The molecular weight excluding hydrogens is 406 g/mol. The van der Waals surface area contributed by atoms with Crippen LogP contribution in [0.4, 0.5) is 11.4 Å². The van der Waals surface area contributed by atoms with Crippen LogP contribution in [0.25, 0.3) is 10.9 Å². The van der Waals surface area contributed by atoms with Crippen LogP contribution in [0.15, 0.2) is 85.1 Å². The SMILES string of the molecule is O=C1CC(c2cn(Cc3ccccc3)c3ccccc23)C(=O)N1c1ccccc1[N+](=O)[O-]. The first-order valence-corrected chi connectivity index (χ1v) is 10.3. The summed E-state index contributed by atoms with van der Waals surface area (Å²) in [5.41, 5.74) is 2.60. The Hall–Kier alpha value is -4.26. The van der Waals surface area contributed by atoms with Gasteiger partial charge in [0.25, 0.3) is 5.69 Å². The summed E-state index contributed by atoms with van der Waals surface area (Å²) in [6.07, 6.45) is 1.90. The van der Waals surface area contributed by atoms with Crippen LogP contribution in [0.5, 0.6) is 0 Å². The highest BCUT2D eigenvalue weighted by Gasteiger charge is 2.43. The summed E-state index contributed by atoms with van der Waals surface area (Å²) in [5, 5.41) is 12.3. The number of carbonyl (C=O) groups excluding carboxylic acids is 2. The number of imide groups is 1. The van der Waals surface area contributed by atoms with Crippen molar-refractivity contribution < 1.29 is 14.5 Å². The fourth-order valence-electron chi connectivity index (χ4n) is 4.40. The van der Waals surface area contributed by atoms with E-state index in [1.807, 2.05) is 60.8 Å². The fraction of sp³-hybridized carbons (Fsp3) is 0.120. The number of anilines is 1. The topological polar surface area (TPSA) is 85.5 Å². The number of carbonyl (C=O) groups is 2. The molecule has 0 N–H and O–H groups in total. The second-order valence-electron chi connectivity index (χ2n) is 7.79. The molecule has 7 heteroatoms. The highest BCUT2D eigenvalue weighted by Crippen LogP contribution is 2.40. The maximum atomic E-state index is 13.4. The summed E-state index contributed by atoms with van der Waals surface area (Å²) >= 11 is 0. The van der Waals surface area contributed by atoms with Crippen molar-refractivity contribution in [1.82, 2.24) is 4.57 Å². The van der Waals surface area contributed by atoms with Crippen molar-refractivity contribution in [2.24, 2.45) is 0 Å². The van der Waals surface area contributed by atoms with Crippen LogP contribution in [-0.4, -0.2) is 21.3 Å². The molecule has 2 heterocycles. The molecule has 0 spiro atoms. The van der Waals surface area contributed by atoms with Crippen molar-refractivity contribution in [3.63, 3.8) is 0 Å². The molecule has 1 aliphatic rings. The molecule has 1 atom stereocenters. The number of aromatic nitrogens is 1. The van der Waals surface area contributed by atoms with Gasteiger partial charge in [-0.25, -0.2) is 4.90 Å². The van der Waals surface area contributed by atoms with Gasteiger partial charge in [-0.1, -0.05) is 60.7 Å². The van der Waals surface area contributed by atoms with Gasteiger partial charge in [-0.2, -0.15) is 0 Å². The van der Waals surface area contributed by atoms with Crippen molar-refractivity contribution in [3.8, 4) is 0 Å². The quantitative estimate of drug-likeness (QED) is 0.265. The Morgan fingerprint density at radius 3 is 2.38 bits per heavy atom. The van der Waals surface area contributed by atoms with Crippen LogP contribution >= 0.6 is 0 Å². The van der Waals surface area contributed by atoms with Crippen molar-refractivity contribution in [2.75, 3.05) is 4.90 Å². The van der Waals surface area contributed by atoms with E-state index in [1.165, 1.54) is 18.2 Å². The van der Waals surface area contributed by atoms with Gasteiger partial charge in [0.1, 0.15) is 5.69 Å². The smallest absolute Gasteiger partial charge is 0.293 e. The van der Waals surface area contributed by atoms with Crippen molar-refractivity contribution >= 4 is 34.1 Å². The van der Waals surface area contributed by atoms with Gasteiger partial charge in [-0.05, 0) is 23.3 Å². The van der Waals surface area contributed by atoms with Gasteiger partial charge >= 0.3 is 0 Å². The van der Waals surface area contributed by atoms with E-state index in [1.54, 1.807) is 6.07 Å². The predicted molar refractivity (Wildman–Crippen MR) is 120 cm³/mol. The number of hydrogen-bond acceptors (Lipinski definition) is 4. The number of amides is 2. The number of rotatable bonds is 5. The molecule has 2 amide bonds. The first kappa shape index (κ1) is 19.7. The third kappa shape index (κ3) is 3.24. The Kier molecular flexibility index (Phi) is 4.78. The largest absolute Gasteiger partial charge is 0.343 e. The summed E-state index contributed by atoms with van der Waals surface area (Å²) in [6, 6.07) is 23.6. The second kappa shape index (κ2) is 7.77. The number of nitrogens with zero attached hydrogens (tertiary/aromatic N) is 3. The highest BCUT2D eigenvalue weighted by molar-refractivity contribution is 6.24. The molecule has 7 nitrogen and oxygen atoms in total. The summed E-state index contributed by atoms with van der Waals surface area (Å²) < 4.78 is 2.07. The molecule has 1 unspecified atom stereocenters. The zero-order valence-electron chi connectivity index (χ0n) is 17.0. The van der Waals surface area contributed by atoms with Gasteiger partial charge in [0.05, 0.1) is 10.8 Å². The van der Waals surface area contributed by atoms with Crippen LogP contribution in [0, 0.1) is 10.1 Å². The molecular formula is C25H19N3O4. The van der Waals surface area contributed by atoms with E-state index >= 15 is 0 Å². The van der Waals surface area contributed by atoms with Crippen molar-refractivity contribution in [3.05, 3.63) is 106 Å². The molecule has 0 bridgehead atoms. The van der Waals surface area contributed by atoms with Crippen LogP contribution in [0.1, 0.15) is 23.5 Å². The molecule has 1 aliphatic heterocycles. The first-order valence-electron chi connectivity index (χ1n) is 10.3. The molecule has 0 radical (unpaired) electrons. The standard InChI is InChI=1S/C25H19N3O4/c29-24-14-19(25(30)27(24)22-12-6-7-13-23(22)28(31)32)20-16-26(15-17-8-2-1-3-9-17)21-11-5-4-10-18(20)21/h1-13,16,19H,14-15H2. The maximum Gasteiger partial charge on any atom is 0.293 e. The summed E-state index contributed by atoms with van der Waals surface area (Å²) in [5.74, 6) is -1.56. The molecule has 3 aromatic carbocycles. The molecule has 32 heavy (non-hydrogen) atoms. The number of hydrogen-bond donors (Lipinski definition) is 0. The van der Waals surface area contributed by atoms with Gasteiger partial charge in [0, 0.05) is 36.1 Å². The zero-order chi connectivity index (χ0) is 22.2. The van der Waals surface area contributed by atoms with Gasteiger partial charge < -0.3 is 4.57 Å². The summed E-state index contributed by atoms with van der Waals surface area (Å²) in [7, 11) is 0. The number of nitro groups is 1. The number of benzene rings is 3. The lowest BCUT2D eigenvalue weighted by atomic mass is 9.97. The average Bonchev–Trinajstić information content (AvgIpc) is 3.31. The Morgan fingerprint density at radius 1 is 0.906 bits per heavy atom. The number of para-hydroxylation sites is 3. The molecule has 1 saturated heterocycles. The molecule has 1 aromatic heterocycles. The first-order chi connectivity index (χ1) is 15.5. The lowest BCUT2D eigenvalue weighted by Gasteiger charge is -2.15. The number of fused-ring (bicyclic) bond motifs is 1. The Labute approximate surface area is 183 Å². The van der Waals surface area contributed by atoms with E-state index in [-0.39, 0.29) is 17.8 Å². The molecule has 0 saturated carbocycles. The molecule has 4 aromatic rings. The van der Waals surface area contributed by atoms with Crippen LogP contribution in [0.2, 0.25) is 0 Å². The monoisotopic (exact) mass is 425 g/mol. The third-order valence-electron chi connectivity index (χ3n) is 5.86. The summed E-state index contributed by atoms with van der Waals surface area (Å²) in [6.45, 7) is 0.629. The van der Waals surface area contributed by atoms with E-state index in [2.05, 4.69) is 4.57 Å². The van der Waals surface area contributed by atoms with Crippen LogP contribution in [0.3, 0.4) is 0 Å². The lowest BCUT2D eigenvalue weighted by molar-refractivity contribution is -0.384. The number of nitro benzene ring substituents is 1. The minimum Gasteiger partial charge on any atom is -0.343 e. The molecule has 0 aliphatic carbocycles. The fourth-order valence-corrected chi connectivity index (χ4v) is 4.40. The minimum atomic E-state index is -0.691. The van der Waals surface area contributed by atoms with E-state index in [4.69, 9.17) is 0 Å². The average molecular weight is 425 g/mol. The van der Waals surface area contributed by atoms with E-state index in [9.17, 15) is 19.7 Å². The second-order valence-corrected chi connectivity index (χ2v) is 7.79. The van der Waals surface area contributed by atoms with Crippen LogP contribution < -0.4 is 4.90 Å². The molecule has 1 fully saturated rings. The van der Waals surface area contributed by atoms with E-state index < -0.39 is 22.7 Å².